The van der Waals surface area contributed by atoms with Gasteiger partial charge in [-0.3, -0.25) is 4.79 Å². The number of carbonyl (C=O) groups excluding carboxylic acids is 1. The molecule has 0 spiro atoms. The van der Waals surface area contributed by atoms with Crippen molar-refractivity contribution in [2.24, 2.45) is 0 Å². The first-order valence-electron chi connectivity index (χ1n) is 7.07. The number of rotatable bonds is 2. The Morgan fingerprint density at radius 1 is 1.19 bits per heavy atom. The standard InChI is InChI=1S/C17H17BrN2O/c18-14-9-13(10-15(19)11-14)17(21)20-8-4-7-16(20)12-5-2-1-3-6-12/h1-3,5-6,9-11,16H,4,7-8,19H2. The van der Waals surface area contributed by atoms with Gasteiger partial charge in [0.1, 0.15) is 0 Å². The van der Waals surface area contributed by atoms with Crippen LogP contribution in [0.25, 0.3) is 0 Å². The summed E-state index contributed by atoms with van der Waals surface area (Å²) in [5, 5.41) is 0. The third-order valence-corrected chi connectivity index (χ3v) is 4.32. The smallest absolute Gasteiger partial charge is 0.254 e. The van der Waals surface area contributed by atoms with E-state index in [0.29, 0.717) is 11.3 Å². The van der Waals surface area contributed by atoms with Crippen molar-refractivity contribution in [1.29, 1.82) is 0 Å². The molecule has 0 radical (unpaired) electrons. The lowest BCUT2D eigenvalue weighted by molar-refractivity contribution is 0.0735. The van der Waals surface area contributed by atoms with Crippen molar-refractivity contribution < 1.29 is 4.79 Å². The number of nitrogens with zero attached hydrogens (tertiary/aromatic N) is 1. The van der Waals surface area contributed by atoms with Gasteiger partial charge in [-0.05, 0) is 36.6 Å². The third kappa shape index (κ3) is 2.95. The molecule has 1 aliphatic heterocycles. The molecule has 21 heavy (non-hydrogen) atoms. The van der Waals surface area contributed by atoms with Crippen molar-refractivity contribution in [1.82, 2.24) is 4.90 Å². The van der Waals surface area contributed by atoms with Crippen molar-refractivity contribution in [2.45, 2.75) is 18.9 Å². The molecule has 1 heterocycles. The highest BCUT2D eigenvalue weighted by Gasteiger charge is 2.30. The molecule has 2 aromatic rings. The van der Waals surface area contributed by atoms with E-state index in [2.05, 4.69) is 28.1 Å². The maximum Gasteiger partial charge on any atom is 0.254 e. The summed E-state index contributed by atoms with van der Waals surface area (Å²) in [6, 6.07) is 15.8. The minimum absolute atomic E-state index is 0.0503. The van der Waals surface area contributed by atoms with Gasteiger partial charge < -0.3 is 10.6 Å². The fraction of sp³-hybridized carbons (Fsp3) is 0.235. The van der Waals surface area contributed by atoms with Crippen LogP contribution >= 0.6 is 15.9 Å². The summed E-state index contributed by atoms with van der Waals surface area (Å²) in [5.74, 6) is 0.0503. The van der Waals surface area contributed by atoms with Gasteiger partial charge >= 0.3 is 0 Å². The maximum absolute atomic E-state index is 12.8. The highest BCUT2D eigenvalue weighted by molar-refractivity contribution is 9.10. The summed E-state index contributed by atoms with van der Waals surface area (Å²) in [6.45, 7) is 0.796. The number of anilines is 1. The number of carbonyl (C=O) groups is 1. The van der Waals surface area contributed by atoms with Crippen molar-refractivity contribution in [3.8, 4) is 0 Å². The zero-order valence-electron chi connectivity index (χ0n) is 11.6. The molecule has 1 aliphatic rings. The van der Waals surface area contributed by atoms with Crippen molar-refractivity contribution >= 4 is 27.5 Å². The van der Waals surface area contributed by atoms with E-state index in [4.69, 9.17) is 5.73 Å². The third-order valence-electron chi connectivity index (χ3n) is 3.87. The van der Waals surface area contributed by atoms with Crippen molar-refractivity contribution in [2.75, 3.05) is 12.3 Å². The van der Waals surface area contributed by atoms with Gasteiger partial charge in [-0.1, -0.05) is 46.3 Å². The minimum Gasteiger partial charge on any atom is -0.399 e. The van der Waals surface area contributed by atoms with E-state index in [1.165, 1.54) is 5.56 Å². The van der Waals surface area contributed by atoms with Crippen LogP contribution in [0.1, 0.15) is 34.8 Å². The van der Waals surface area contributed by atoms with Gasteiger partial charge in [0, 0.05) is 22.3 Å². The first-order valence-corrected chi connectivity index (χ1v) is 7.86. The van der Waals surface area contributed by atoms with Gasteiger partial charge in [0.05, 0.1) is 6.04 Å². The molecule has 0 bridgehead atoms. The second-order valence-corrected chi connectivity index (χ2v) is 6.26. The van der Waals surface area contributed by atoms with Crippen molar-refractivity contribution in [3.63, 3.8) is 0 Å². The summed E-state index contributed by atoms with van der Waals surface area (Å²) < 4.78 is 0.835. The fourth-order valence-corrected chi connectivity index (χ4v) is 3.44. The monoisotopic (exact) mass is 344 g/mol. The molecule has 1 atom stereocenters. The Labute approximate surface area is 132 Å². The topological polar surface area (TPSA) is 46.3 Å². The van der Waals surface area contributed by atoms with Crippen LogP contribution in [0.4, 0.5) is 5.69 Å². The summed E-state index contributed by atoms with van der Waals surface area (Å²) in [7, 11) is 0. The second kappa shape index (κ2) is 5.90. The summed E-state index contributed by atoms with van der Waals surface area (Å²) in [4.78, 5) is 14.7. The lowest BCUT2D eigenvalue weighted by atomic mass is 10.0. The molecule has 1 amide bonds. The highest BCUT2D eigenvalue weighted by Crippen LogP contribution is 2.33. The summed E-state index contributed by atoms with van der Waals surface area (Å²) in [5.41, 5.74) is 8.28. The Hall–Kier alpha value is -1.81. The molecule has 1 unspecified atom stereocenters. The molecule has 108 valence electrons. The summed E-state index contributed by atoms with van der Waals surface area (Å²) in [6.07, 6.45) is 2.05. The molecule has 2 N–H and O–H groups in total. The number of hydrogen-bond acceptors (Lipinski definition) is 2. The minimum atomic E-state index is 0.0503. The largest absolute Gasteiger partial charge is 0.399 e. The van der Waals surface area contributed by atoms with Crippen LogP contribution in [-0.4, -0.2) is 17.4 Å². The number of hydrogen-bond donors (Lipinski definition) is 1. The Balaban J connectivity index is 1.90. The predicted molar refractivity (Wildman–Crippen MR) is 88.0 cm³/mol. The molecule has 1 fully saturated rings. The molecule has 3 rings (SSSR count). The number of likely N-dealkylation sites (tertiary alicyclic amines) is 1. The Kier molecular flexibility index (Phi) is 3.97. The van der Waals surface area contributed by atoms with Crippen LogP contribution in [0.3, 0.4) is 0 Å². The van der Waals surface area contributed by atoms with Crippen LogP contribution in [0, 0.1) is 0 Å². The Bertz CT molecular complexity index is 637. The summed E-state index contributed by atoms with van der Waals surface area (Å²) >= 11 is 3.40. The predicted octanol–water partition coefficient (Wildman–Crippen LogP) is 4.01. The van der Waals surface area contributed by atoms with Crippen LogP contribution in [0.5, 0.6) is 0 Å². The number of benzene rings is 2. The van der Waals surface area contributed by atoms with Crippen LogP contribution in [0.15, 0.2) is 53.0 Å². The van der Waals surface area contributed by atoms with E-state index in [1.807, 2.05) is 29.2 Å². The molecule has 1 saturated heterocycles. The second-order valence-electron chi connectivity index (χ2n) is 5.34. The molecule has 2 aromatic carbocycles. The van der Waals surface area contributed by atoms with E-state index < -0.39 is 0 Å². The molecule has 3 nitrogen and oxygen atoms in total. The first-order chi connectivity index (χ1) is 10.1. The lowest BCUT2D eigenvalue weighted by Gasteiger charge is -2.25. The van der Waals surface area contributed by atoms with E-state index in [1.54, 1.807) is 12.1 Å². The van der Waals surface area contributed by atoms with E-state index in [0.717, 1.165) is 23.9 Å². The lowest BCUT2D eigenvalue weighted by Crippen LogP contribution is -2.30. The fourth-order valence-electron chi connectivity index (χ4n) is 2.93. The van der Waals surface area contributed by atoms with E-state index in [-0.39, 0.29) is 11.9 Å². The molecular weight excluding hydrogens is 328 g/mol. The molecule has 0 aliphatic carbocycles. The van der Waals surface area contributed by atoms with Gasteiger partial charge in [-0.25, -0.2) is 0 Å². The van der Waals surface area contributed by atoms with Crippen LogP contribution in [-0.2, 0) is 0 Å². The van der Waals surface area contributed by atoms with Gasteiger partial charge in [-0.15, -0.1) is 0 Å². The first kappa shape index (κ1) is 14.1. The number of halogens is 1. The Morgan fingerprint density at radius 2 is 1.95 bits per heavy atom. The van der Waals surface area contributed by atoms with Gasteiger partial charge in [0.2, 0.25) is 0 Å². The average molecular weight is 345 g/mol. The average Bonchev–Trinajstić information content (AvgIpc) is 2.95. The number of amides is 1. The van der Waals surface area contributed by atoms with Gasteiger partial charge in [-0.2, -0.15) is 0 Å². The maximum atomic E-state index is 12.8. The quantitative estimate of drug-likeness (QED) is 0.836. The molecule has 4 heteroatoms. The van der Waals surface area contributed by atoms with Crippen LogP contribution < -0.4 is 5.73 Å². The SMILES string of the molecule is Nc1cc(Br)cc(C(=O)N2CCCC2c2ccccc2)c1. The molecule has 0 saturated carbocycles. The normalized spacial score (nSPS) is 18.0. The number of nitrogens with two attached hydrogens (primary N) is 1. The Morgan fingerprint density at radius 3 is 2.67 bits per heavy atom. The van der Waals surface area contributed by atoms with Crippen molar-refractivity contribution in [3.05, 3.63) is 64.1 Å². The number of nitrogen functional groups attached to an aromatic ring is 1. The zero-order chi connectivity index (χ0) is 14.8. The van der Waals surface area contributed by atoms with Gasteiger partial charge in [0.25, 0.3) is 5.91 Å². The highest BCUT2D eigenvalue weighted by atomic mass is 79.9. The molecule has 0 aromatic heterocycles. The van der Waals surface area contributed by atoms with Gasteiger partial charge in [0.15, 0.2) is 0 Å². The van der Waals surface area contributed by atoms with E-state index >= 15 is 0 Å². The zero-order valence-corrected chi connectivity index (χ0v) is 13.2. The van der Waals surface area contributed by atoms with E-state index in [9.17, 15) is 4.79 Å². The van der Waals surface area contributed by atoms with Crippen LogP contribution in [0.2, 0.25) is 0 Å². The molecular formula is C17H17BrN2O.